The van der Waals surface area contributed by atoms with Crippen molar-refractivity contribution in [1.29, 1.82) is 0 Å². The molecule has 3 nitrogen and oxygen atoms in total. The summed E-state index contributed by atoms with van der Waals surface area (Å²) in [4.78, 5) is 0. The van der Waals surface area contributed by atoms with Gasteiger partial charge in [0.05, 0.1) is 0 Å². The Labute approximate surface area is 211 Å². The molecule has 3 heteroatoms. The molecule has 6 rings (SSSR count). The van der Waals surface area contributed by atoms with Crippen molar-refractivity contribution >= 4 is 21.9 Å². The molecule has 0 fully saturated rings. The van der Waals surface area contributed by atoms with Crippen molar-refractivity contribution in [3.63, 3.8) is 0 Å². The van der Waals surface area contributed by atoms with Crippen LogP contribution in [-0.2, 0) is 0 Å². The van der Waals surface area contributed by atoms with Gasteiger partial charge in [0.25, 0.3) is 0 Å². The second-order valence-electron chi connectivity index (χ2n) is 6.19. The highest BCUT2D eigenvalue weighted by Crippen LogP contribution is 2.44. The summed E-state index contributed by atoms with van der Waals surface area (Å²) in [6.07, 6.45) is 0. The van der Waals surface area contributed by atoms with Crippen molar-refractivity contribution in [2.75, 3.05) is 0 Å². The quantitative estimate of drug-likeness (QED) is 0.220. The van der Waals surface area contributed by atoms with Gasteiger partial charge in [-0.15, -0.1) is 0 Å². The van der Waals surface area contributed by atoms with Crippen LogP contribution in [-0.4, -0.2) is 0 Å². The molecule has 0 unspecified atom stereocenters. The Morgan fingerprint density at radius 3 is 0.914 bits per heavy atom. The lowest BCUT2D eigenvalue weighted by molar-refractivity contribution is 0.359. The third-order valence-electron chi connectivity index (χ3n) is 4.42. The lowest BCUT2D eigenvalue weighted by Crippen LogP contribution is -1.97. The lowest BCUT2D eigenvalue weighted by Gasteiger charge is -2.19. The van der Waals surface area contributed by atoms with E-state index >= 15 is 0 Å². The monoisotopic (exact) mass is 472 g/mol. The highest BCUT2D eigenvalue weighted by atomic mass is 16.6. The number of hydrogen-bond acceptors (Lipinski definition) is 3. The summed E-state index contributed by atoms with van der Waals surface area (Å²) in [6.45, 7) is 16.0. The predicted molar refractivity (Wildman–Crippen MR) is 152 cm³/mol. The summed E-state index contributed by atoms with van der Waals surface area (Å²) in [5.41, 5.74) is 1.92. The van der Waals surface area contributed by atoms with Crippen LogP contribution in [0.25, 0.3) is 21.9 Å². The van der Waals surface area contributed by atoms with E-state index in [1.807, 2.05) is 140 Å². The molecule has 1 aliphatic heterocycles. The van der Waals surface area contributed by atoms with Gasteiger partial charge in [0, 0.05) is 10.8 Å². The molecule has 1 aromatic heterocycles. The molecule has 0 saturated heterocycles. The van der Waals surface area contributed by atoms with Crippen LogP contribution >= 0.6 is 0 Å². The number of fused-ring (bicyclic) bond motifs is 5. The average Bonchev–Trinajstić information content (AvgIpc) is 3.35. The molecule has 5 aromatic rings. The van der Waals surface area contributed by atoms with Crippen LogP contribution in [0.1, 0.15) is 55.4 Å². The van der Waals surface area contributed by atoms with Gasteiger partial charge in [0.1, 0.15) is 11.2 Å². The Balaban J connectivity index is 0.000000274. The van der Waals surface area contributed by atoms with Crippen LogP contribution < -0.4 is 9.47 Å². The van der Waals surface area contributed by atoms with Gasteiger partial charge >= 0.3 is 0 Å². The van der Waals surface area contributed by atoms with Crippen molar-refractivity contribution in [2.24, 2.45) is 0 Å². The Morgan fingerprint density at radius 2 is 0.600 bits per heavy atom. The highest BCUT2D eigenvalue weighted by Gasteiger charge is 2.16. The first-order valence-electron chi connectivity index (χ1n) is 12.8. The van der Waals surface area contributed by atoms with Crippen LogP contribution in [0.5, 0.6) is 23.0 Å². The van der Waals surface area contributed by atoms with Gasteiger partial charge in [-0.05, 0) is 36.4 Å². The first-order valence-corrected chi connectivity index (χ1v) is 12.8. The van der Waals surface area contributed by atoms with E-state index in [0.717, 1.165) is 34.2 Å². The molecule has 0 N–H and O–H groups in total. The third-order valence-corrected chi connectivity index (χ3v) is 4.42. The summed E-state index contributed by atoms with van der Waals surface area (Å²) in [5, 5.41) is 2.39. The van der Waals surface area contributed by atoms with Crippen LogP contribution in [0, 0.1) is 0 Å². The number of furan rings is 1. The maximum Gasteiger partial charge on any atom is 0.170 e. The fourth-order valence-electron chi connectivity index (χ4n) is 3.15. The maximum absolute atomic E-state index is 5.65. The minimum absolute atomic E-state index is 0.770. The molecule has 0 aliphatic carbocycles. The first kappa shape index (κ1) is 29.3. The number of para-hydroxylation sites is 6. The Bertz CT molecular complexity index is 1100. The smallest absolute Gasteiger partial charge is 0.170 e. The molecule has 0 radical (unpaired) electrons. The van der Waals surface area contributed by atoms with E-state index in [4.69, 9.17) is 13.9 Å². The minimum atomic E-state index is 0.770. The zero-order valence-electron chi connectivity index (χ0n) is 22.5. The third kappa shape index (κ3) is 7.65. The van der Waals surface area contributed by atoms with Crippen LogP contribution in [0.4, 0.5) is 0 Å². The van der Waals surface area contributed by atoms with E-state index in [0.29, 0.717) is 0 Å². The Hall–Kier alpha value is -3.72. The van der Waals surface area contributed by atoms with E-state index in [2.05, 4.69) is 12.1 Å². The zero-order valence-corrected chi connectivity index (χ0v) is 22.5. The van der Waals surface area contributed by atoms with Gasteiger partial charge < -0.3 is 13.9 Å². The minimum Gasteiger partial charge on any atom is -0.456 e. The summed E-state index contributed by atoms with van der Waals surface area (Å²) >= 11 is 0. The maximum atomic E-state index is 5.65. The average molecular weight is 473 g/mol. The van der Waals surface area contributed by atoms with E-state index < -0.39 is 0 Å². The molecular formula is C32H40O3. The van der Waals surface area contributed by atoms with E-state index in [1.54, 1.807) is 0 Å². The second kappa shape index (κ2) is 16.8. The van der Waals surface area contributed by atoms with Gasteiger partial charge in [-0.2, -0.15) is 0 Å². The largest absolute Gasteiger partial charge is 0.456 e. The summed E-state index contributed by atoms with van der Waals surface area (Å²) < 4.78 is 17.0. The van der Waals surface area contributed by atoms with Crippen molar-refractivity contribution in [3.05, 3.63) is 97.1 Å². The molecule has 0 spiro atoms. The highest BCUT2D eigenvalue weighted by molar-refractivity contribution is 6.04. The SMILES string of the molecule is CC.CC.CC.CC.c1ccc2c(c1)Oc1ccccc1O2.c1ccc2c(c1)oc1ccccc12. The topological polar surface area (TPSA) is 31.6 Å². The van der Waals surface area contributed by atoms with Crippen molar-refractivity contribution < 1.29 is 13.9 Å². The summed E-state index contributed by atoms with van der Waals surface area (Å²) in [5.74, 6) is 3.08. The molecule has 186 valence electrons. The van der Waals surface area contributed by atoms with Gasteiger partial charge in [-0.3, -0.25) is 0 Å². The van der Waals surface area contributed by atoms with Crippen molar-refractivity contribution in [3.8, 4) is 23.0 Å². The van der Waals surface area contributed by atoms with Crippen molar-refractivity contribution in [1.82, 2.24) is 0 Å². The molecule has 0 bridgehead atoms. The standard InChI is InChI=1S/C12H8O2.C12H8O.4C2H6/c1-2-6-10-9(5-1)13-11-7-3-4-8-12(11)14-10;1-3-7-11-9(5-1)10-6-2-4-8-12(10)13-11;4*1-2/h1-8H;1-8H;4*1-2H3. The van der Waals surface area contributed by atoms with Crippen LogP contribution in [0.15, 0.2) is 101 Å². The Morgan fingerprint density at radius 1 is 0.343 bits per heavy atom. The summed E-state index contributed by atoms with van der Waals surface area (Å²) in [6, 6.07) is 31.5. The van der Waals surface area contributed by atoms with Gasteiger partial charge in [-0.25, -0.2) is 0 Å². The van der Waals surface area contributed by atoms with Gasteiger partial charge in [-0.1, -0.05) is 116 Å². The summed E-state index contributed by atoms with van der Waals surface area (Å²) in [7, 11) is 0. The first-order chi connectivity index (χ1) is 17.4. The molecule has 4 aromatic carbocycles. The van der Waals surface area contributed by atoms with E-state index in [1.165, 1.54) is 10.8 Å². The number of rotatable bonds is 0. The molecule has 35 heavy (non-hydrogen) atoms. The van der Waals surface area contributed by atoms with Crippen LogP contribution in [0.3, 0.4) is 0 Å². The molecule has 0 atom stereocenters. The molecule has 0 amide bonds. The molecule has 0 saturated carbocycles. The molecule has 2 heterocycles. The molecular weight excluding hydrogens is 432 g/mol. The number of ether oxygens (including phenoxy) is 2. The second-order valence-corrected chi connectivity index (χ2v) is 6.19. The van der Waals surface area contributed by atoms with Gasteiger partial charge in [0.2, 0.25) is 0 Å². The van der Waals surface area contributed by atoms with E-state index in [-0.39, 0.29) is 0 Å². The number of benzene rings is 4. The normalized spacial score (nSPS) is 9.60. The Kier molecular flexibility index (Phi) is 14.1. The van der Waals surface area contributed by atoms with E-state index in [9.17, 15) is 0 Å². The fraction of sp³-hybridized carbons (Fsp3) is 0.250. The van der Waals surface area contributed by atoms with Crippen molar-refractivity contribution in [2.45, 2.75) is 55.4 Å². The van der Waals surface area contributed by atoms with Gasteiger partial charge in [0.15, 0.2) is 23.0 Å². The lowest BCUT2D eigenvalue weighted by atomic mass is 10.2. The fourth-order valence-corrected chi connectivity index (χ4v) is 3.15. The molecule has 1 aliphatic rings. The van der Waals surface area contributed by atoms with Crippen LogP contribution in [0.2, 0.25) is 0 Å². The zero-order chi connectivity index (χ0) is 26.1. The number of hydrogen-bond donors (Lipinski definition) is 0. The predicted octanol–water partition coefficient (Wildman–Crippen LogP) is 11.3.